The zero-order chi connectivity index (χ0) is 16.3. The van der Waals surface area contributed by atoms with E-state index >= 15 is 0 Å². The zero-order valence-electron chi connectivity index (χ0n) is 14.7. The third-order valence-corrected chi connectivity index (χ3v) is 3.76. The smallest absolute Gasteiger partial charge is 0.0905 e. The van der Waals surface area contributed by atoms with Crippen LogP contribution in [0.15, 0.2) is 24.3 Å². The van der Waals surface area contributed by atoms with E-state index in [0.717, 1.165) is 23.8 Å². The molecule has 0 fully saturated rings. The average Bonchev–Trinajstić information content (AvgIpc) is 2.38. The molecule has 0 saturated heterocycles. The highest BCUT2D eigenvalue weighted by molar-refractivity contribution is 5.27. The average molecular weight is 290 g/mol. The van der Waals surface area contributed by atoms with Crippen molar-refractivity contribution in [3.63, 3.8) is 0 Å². The first-order chi connectivity index (χ1) is 9.76. The normalized spacial score (nSPS) is 16.0. The molecule has 0 aromatic rings. The van der Waals surface area contributed by atoms with Crippen LogP contribution in [-0.4, -0.2) is 10.7 Å². The molecule has 2 unspecified atom stereocenters. The SMILES string of the molecule is C=CC(C)(O)CC#CC(C)=CCCC(C)CCCC(C)C. The summed E-state index contributed by atoms with van der Waals surface area (Å²) in [6.07, 6.45) is 10.6. The summed E-state index contributed by atoms with van der Waals surface area (Å²) < 4.78 is 0. The Morgan fingerprint density at radius 1 is 1.24 bits per heavy atom. The maximum Gasteiger partial charge on any atom is 0.0905 e. The molecule has 1 N–H and O–H groups in total. The third kappa shape index (κ3) is 12.5. The van der Waals surface area contributed by atoms with Crippen molar-refractivity contribution < 1.29 is 5.11 Å². The molecule has 2 atom stereocenters. The van der Waals surface area contributed by atoms with Crippen LogP contribution in [-0.2, 0) is 0 Å². The van der Waals surface area contributed by atoms with Crippen LogP contribution in [0, 0.1) is 23.7 Å². The van der Waals surface area contributed by atoms with Gasteiger partial charge in [-0.25, -0.2) is 0 Å². The molecule has 0 amide bonds. The van der Waals surface area contributed by atoms with Crippen LogP contribution < -0.4 is 0 Å². The Labute approximate surface area is 132 Å². The van der Waals surface area contributed by atoms with Gasteiger partial charge in [0.25, 0.3) is 0 Å². The lowest BCUT2D eigenvalue weighted by molar-refractivity contribution is 0.118. The van der Waals surface area contributed by atoms with Crippen LogP contribution in [0.3, 0.4) is 0 Å². The van der Waals surface area contributed by atoms with E-state index in [1.165, 1.54) is 25.7 Å². The molecule has 0 heterocycles. The second-order valence-corrected chi connectivity index (χ2v) is 6.93. The summed E-state index contributed by atoms with van der Waals surface area (Å²) in [5.74, 6) is 7.75. The summed E-state index contributed by atoms with van der Waals surface area (Å²) in [6.45, 7) is 14.3. The van der Waals surface area contributed by atoms with Crippen molar-refractivity contribution in [1.82, 2.24) is 0 Å². The van der Waals surface area contributed by atoms with E-state index in [4.69, 9.17) is 0 Å². The van der Waals surface area contributed by atoms with Crippen molar-refractivity contribution in [3.8, 4) is 11.8 Å². The number of rotatable bonds is 9. The first-order valence-corrected chi connectivity index (χ1v) is 8.28. The van der Waals surface area contributed by atoms with Gasteiger partial charge in [-0.05, 0) is 44.1 Å². The first kappa shape index (κ1) is 20.0. The Bertz CT molecular complexity index is 376. The first-order valence-electron chi connectivity index (χ1n) is 8.28. The summed E-state index contributed by atoms with van der Waals surface area (Å²) in [5, 5.41) is 9.77. The molecule has 120 valence electrons. The summed E-state index contributed by atoms with van der Waals surface area (Å²) in [6, 6.07) is 0. The second-order valence-electron chi connectivity index (χ2n) is 6.93. The summed E-state index contributed by atoms with van der Waals surface area (Å²) in [7, 11) is 0. The van der Waals surface area contributed by atoms with E-state index in [-0.39, 0.29) is 0 Å². The Kier molecular flexibility index (Phi) is 10.2. The lowest BCUT2D eigenvalue weighted by Crippen LogP contribution is -2.18. The largest absolute Gasteiger partial charge is 0.385 e. The van der Waals surface area contributed by atoms with Crippen LogP contribution in [0.5, 0.6) is 0 Å². The molecule has 0 aliphatic rings. The number of hydrogen-bond acceptors (Lipinski definition) is 1. The zero-order valence-corrected chi connectivity index (χ0v) is 14.7. The lowest BCUT2D eigenvalue weighted by atomic mass is 9.96. The van der Waals surface area contributed by atoms with Gasteiger partial charge in [0.15, 0.2) is 0 Å². The highest BCUT2D eigenvalue weighted by atomic mass is 16.3. The molecule has 0 aromatic carbocycles. The van der Waals surface area contributed by atoms with E-state index < -0.39 is 5.60 Å². The fourth-order valence-corrected chi connectivity index (χ4v) is 2.09. The Hall–Kier alpha value is -1.00. The molecule has 0 aromatic heterocycles. The van der Waals surface area contributed by atoms with E-state index in [2.05, 4.69) is 45.3 Å². The van der Waals surface area contributed by atoms with E-state index in [0.29, 0.717) is 6.42 Å². The Morgan fingerprint density at radius 3 is 2.48 bits per heavy atom. The summed E-state index contributed by atoms with van der Waals surface area (Å²) in [4.78, 5) is 0. The fraction of sp³-hybridized carbons (Fsp3) is 0.700. The van der Waals surface area contributed by atoms with Gasteiger partial charge in [-0.3, -0.25) is 0 Å². The molecule has 0 saturated carbocycles. The molecule has 21 heavy (non-hydrogen) atoms. The topological polar surface area (TPSA) is 20.2 Å². The quantitative estimate of drug-likeness (QED) is 0.439. The highest BCUT2D eigenvalue weighted by Crippen LogP contribution is 2.17. The molecule has 0 aliphatic heterocycles. The summed E-state index contributed by atoms with van der Waals surface area (Å²) >= 11 is 0. The maximum atomic E-state index is 9.77. The van der Waals surface area contributed by atoms with Crippen molar-refractivity contribution in [2.45, 2.75) is 78.7 Å². The Balaban J connectivity index is 3.97. The van der Waals surface area contributed by atoms with Gasteiger partial charge in [0.1, 0.15) is 0 Å². The third-order valence-electron chi connectivity index (χ3n) is 3.76. The van der Waals surface area contributed by atoms with Crippen molar-refractivity contribution in [2.75, 3.05) is 0 Å². The van der Waals surface area contributed by atoms with Crippen molar-refractivity contribution in [2.24, 2.45) is 11.8 Å². The van der Waals surface area contributed by atoms with Crippen LogP contribution in [0.1, 0.15) is 73.1 Å². The van der Waals surface area contributed by atoms with Gasteiger partial charge in [0.2, 0.25) is 0 Å². The second kappa shape index (κ2) is 10.7. The molecule has 1 heteroatoms. The van der Waals surface area contributed by atoms with Crippen LogP contribution in [0.25, 0.3) is 0 Å². The molecular formula is C20H34O. The van der Waals surface area contributed by atoms with Gasteiger partial charge in [-0.1, -0.05) is 64.0 Å². The predicted octanol–water partition coefficient (Wildman–Crippen LogP) is 5.51. The van der Waals surface area contributed by atoms with Crippen molar-refractivity contribution in [1.29, 1.82) is 0 Å². The summed E-state index contributed by atoms with van der Waals surface area (Å²) in [5.41, 5.74) is 0.224. The van der Waals surface area contributed by atoms with Gasteiger partial charge < -0.3 is 5.11 Å². The standard InChI is InChI=1S/C20H34O/c1-7-20(6,21)16-10-15-19(5)14-9-13-18(4)12-8-11-17(2)3/h7,14,17-18,21H,1,8-9,11-13,16H2,2-6H3. The predicted molar refractivity (Wildman–Crippen MR) is 94.1 cm³/mol. The number of allylic oxidation sites excluding steroid dienone is 2. The highest BCUT2D eigenvalue weighted by Gasteiger charge is 2.12. The van der Waals surface area contributed by atoms with Crippen LogP contribution >= 0.6 is 0 Å². The molecule has 0 rings (SSSR count). The van der Waals surface area contributed by atoms with Gasteiger partial charge in [-0.2, -0.15) is 0 Å². The number of hydrogen-bond donors (Lipinski definition) is 1. The van der Waals surface area contributed by atoms with Crippen LogP contribution in [0.2, 0.25) is 0 Å². The van der Waals surface area contributed by atoms with E-state index in [9.17, 15) is 5.11 Å². The van der Waals surface area contributed by atoms with Crippen molar-refractivity contribution in [3.05, 3.63) is 24.3 Å². The van der Waals surface area contributed by atoms with Gasteiger partial charge in [0, 0.05) is 6.42 Å². The minimum Gasteiger partial charge on any atom is -0.385 e. The number of aliphatic hydroxyl groups is 1. The maximum absolute atomic E-state index is 9.77. The van der Waals surface area contributed by atoms with E-state index in [1.54, 1.807) is 13.0 Å². The van der Waals surface area contributed by atoms with Gasteiger partial charge in [-0.15, -0.1) is 6.58 Å². The molecule has 0 aliphatic carbocycles. The fourth-order valence-electron chi connectivity index (χ4n) is 2.09. The molecule has 1 nitrogen and oxygen atoms in total. The van der Waals surface area contributed by atoms with Crippen molar-refractivity contribution >= 4 is 0 Å². The van der Waals surface area contributed by atoms with Gasteiger partial charge >= 0.3 is 0 Å². The molecular weight excluding hydrogens is 256 g/mol. The van der Waals surface area contributed by atoms with Gasteiger partial charge in [0.05, 0.1) is 5.60 Å². The molecule has 0 spiro atoms. The lowest BCUT2D eigenvalue weighted by Gasteiger charge is -2.13. The monoisotopic (exact) mass is 290 g/mol. The Morgan fingerprint density at radius 2 is 1.90 bits per heavy atom. The molecule has 0 radical (unpaired) electrons. The van der Waals surface area contributed by atoms with E-state index in [1.807, 2.05) is 6.92 Å². The minimum atomic E-state index is -0.877. The van der Waals surface area contributed by atoms with Crippen LogP contribution in [0.4, 0.5) is 0 Å². The molecule has 0 bridgehead atoms. The minimum absolute atomic E-state index is 0.438.